The average molecular weight is 608 g/mol. The predicted octanol–water partition coefficient (Wildman–Crippen LogP) is 6.15. The molecule has 1 aliphatic rings. The zero-order chi connectivity index (χ0) is 21.8. The van der Waals surface area contributed by atoms with Crippen molar-refractivity contribution in [2.24, 2.45) is 0 Å². The SMILES string of the molecule is C1=[N+](c2ccccc2)C=C[N+]=1c1ccccc1.N#Cc1cccc2[n-]c3ccccc3c12.[Au+]. The van der Waals surface area contributed by atoms with E-state index >= 15 is 0 Å². The molecule has 0 radical (unpaired) electrons. The summed E-state index contributed by atoms with van der Waals surface area (Å²) in [5.41, 5.74) is 4.77. The van der Waals surface area contributed by atoms with Crippen LogP contribution in [-0.4, -0.2) is 15.2 Å². The zero-order valence-electron chi connectivity index (χ0n) is 17.6. The van der Waals surface area contributed by atoms with E-state index in [1.807, 2.05) is 100 Å². The Hall–Kier alpha value is -3.97. The molecule has 0 bridgehead atoms. The number of rotatable bonds is 2. The maximum Gasteiger partial charge on any atom is 1.00 e. The van der Waals surface area contributed by atoms with Gasteiger partial charge in [-0.25, -0.2) is 0 Å². The van der Waals surface area contributed by atoms with E-state index in [1.165, 1.54) is 0 Å². The van der Waals surface area contributed by atoms with Crippen molar-refractivity contribution in [3.63, 3.8) is 0 Å². The molecule has 0 unspecified atom stereocenters. The van der Waals surface area contributed by atoms with Crippen molar-refractivity contribution in [3.8, 4) is 6.07 Å². The fourth-order valence-corrected chi connectivity index (χ4v) is 3.70. The van der Waals surface area contributed by atoms with Crippen LogP contribution in [0, 0.1) is 11.3 Å². The molecule has 1 aliphatic heterocycles. The molecule has 4 aromatic carbocycles. The van der Waals surface area contributed by atoms with Crippen LogP contribution in [0.3, 0.4) is 0 Å². The molecule has 160 valence electrons. The summed E-state index contributed by atoms with van der Waals surface area (Å²) >= 11 is 0. The second-order valence-corrected chi connectivity index (χ2v) is 7.25. The van der Waals surface area contributed by atoms with E-state index in [2.05, 4.69) is 41.3 Å². The summed E-state index contributed by atoms with van der Waals surface area (Å²) in [4.78, 5) is 4.47. The zero-order valence-corrected chi connectivity index (χ0v) is 19.7. The Bertz CT molecular complexity index is 1500. The van der Waals surface area contributed by atoms with Gasteiger partial charge >= 0.3 is 28.4 Å². The largest absolute Gasteiger partial charge is 1.00 e. The van der Waals surface area contributed by atoms with Crippen molar-refractivity contribution in [1.82, 2.24) is 4.98 Å². The standard InChI is InChI=1S/C15H12N2.C13H7N2.Au/c1-3-7-14(8-4-1)16-11-12-17(13-16)15-9-5-2-6-10-15;14-8-9-4-3-7-12-13(9)10-5-1-2-6-11(10)15-12;/h1-12H;1-7H;/q+2;-1;+1. The molecule has 33 heavy (non-hydrogen) atoms. The number of fused-ring (bicyclic) bond motifs is 3. The maximum absolute atomic E-state index is 9.04. The molecular weight excluding hydrogens is 589 g/mol. The minimum absolute atomic E-state index is 0. The summed E-state index contributed by atoms with van der Waals surface area (Å²) < 4.78 is 3.96. The van der Waals surface area contributed by atoms with Gasteiger partial charge in [0.25, 0.3) is 12.4 Å². The second kappa shape index (κ2) is 10.1. The fraction of sp³-hybridized carbons (Fsp3) is 0. The molecule has 0 saturated carbocycles. The van der Waals surface area contributed by atoms with Crippen molar-refractivity contribution >= 4 is 39.2 Å². The summed E-state index contributed by atoms with van der Waals surface area (Å²) in [6.45, 7) is 0. The Kier molecular flexibility index (Phi) is 6.80. The van der Waals surface area contributed by atoms with Gasteiger partial charge in [-0.3, -0.25) is 0 Å². The van der Waals surface area contributed by atoms with E-state index in [4.69, 9.17) is 5.26 Å². The number of hydrogen-bond acceptors (Lipinski definition) is 1. The Labute approximate surface area is 207 Å². The smallest absolute Gasteiger partial charge is 0.657 e. The van der Waals surface area contributed by atoms with Crippen molar-refractivity contribution in [1.29, 1.82) is 5.26 Å². The molecule has 0 amide bonds. The van der Waals surface area contributed by atoms with Gasteiger partial charge in [-0.2, -0.15) is 5.26 Å². The maximum atomic E-state index is 9.04. The van der Waals surface area contributed by atoms with Crippen molar-refractivity contribution in [2.75, 3.05) is 0 Å². The topological polar surface area (TPSA) is 43.9 Å². The quantitative estimate of drug-likeness (QED) is 0.178. The first kappa shape index (κ1) is 22.2. The average Bonchev–Trinajstić information content (AvgIpc) is 3.51. The Morgan fingerprint density at radius 1 is 0.636 bits per heavy atom. The van der Waals surface area contributed by atoms with Crippen LogP contribution in [0.25, 0.3) is 21.8 Å². The third-order valence-electron chi connectivity index (χ3n) is 5.23. The van der Waals surface area contributed by atoms with Crippen LogP contribution in [0.2, 0.25) is 0 Å². The monoisotopic (exact) mass is 608 g/mol. The second-order valence-electron chi connectivity index (χ2n) is 7.25. The van der Waals surface area contributed by atoms with Crippen LogP contribution in [0.1, 0.15) is 5.56 Å². The number of benzene rings is 4. The van der Waals surface area contributed by atoms with Gasteiger partial charge in [0.1, 0.15) is 0 Å². The van der Waals surface area contributed by atoms with Gasteiger partial charge < -0.3 is 4.98 Å². The molecule has 0 atom stereocenters. The van der Waals surface area contributed by atoms with Crippen LogP contribution in [0.15, 0.2) is 116 Å². The van der Waals surface area contributed by atoms with Gasteiger partial charge in [-0.05, 0) is 16.8 Å². The van der Waals surface area contributed by atoms with Gasteiger partial charge in [-0.15, -0.1) is 11.0 Å². The van der Waals surface area contributed by atoms with E-state index in [9.17, 15) is 0 Å². The van der Waals surface area contributed by atoms with Crippen molar-refractivity contribution < 1.29 is 31.5 Å². The van der Waals surface area contributed by atoms with Gasteiger partial charge in [-0.1, -0.05) is 81.9 Å². The Morgan fingerprint density at radius 3 is 1.79 bits per heavy atom. The van der Waals surface area contributed by atoms with Gasteiger partial charge in [0.05, 0.1) is 11.6 Å². The third-order valence-corrected chi connectivity index (χ3v) is 5.23. The Morgan fingerprint density at radius 2 is 1.18 bits per heavy atom. The number of hydrogen-bond donors (Lipinski definition) is 0. The minimum Gasteiger partial charge on any atom is -0.657 e. The van der Waals surface area contributed by atoms with Crippen LogP contribution in [-0.2, 0) is 22.4 Å². The molecule has 1 aromatic heterocycles. The summed E-state index contributed by atoms with van der Waals surface area (Å²) in [7, 11) is 0. The fourth-order valence-electron chi connectivity index (χ4n) is 3.70. The molecule has 5 heteroatoms. The number of nitriles is 1. The third kappa shape index (κ3) is 4.63. The number of nitrogens with zero attached hydrogens (tertiary/aromatic N) is 4. The van der Waals surface area contributed by atoms with E-state index in [-0.39, 0.29) is 22.4 Å². The first-order chi connectivity index (χ1) is 15.8. The molecule has 0 spiro atoms. The van der Waals surface area contributed by atoms with E-state index < -0.39 is 0 Å². The van der Waals surface area contributed by atoms with Gasteiger partial charge in [0, 0.05) is 24.3 Å². The van der Waals surface area contributed by atoms with E-state index in [1.54, 1.807) is 0 Å². The van der Waals surface area contributed by atoms with E-state index in [0.717, 1.165) is 33.2 Å². The Balaban J connectivity index is 0.000000153. The molecule has 5 aromatic rings. The molecular formula is C28H19AuN4+2. The molecule has 2 heterocycles. The summed E-state index contributed by atoms with van der Waals surface area (Å²) in [5, 5.41) is 11.1. The van der Waals surface area contributed by atoms with Crippen molar-refractivity contribution in [3.05, 3.63) is 121 Å². The number of aromatic nitrogens is 1. The van der Waals surface area contributed by atoms with Gasteiger partial charge in [0.2, 0.25) is 11.4 Å². The molecule has 0 saturated heterocycles. The molecule has 0 N–H and O–H groups in total. The summed E-state index contributed by atoms with van der Waals surface area (Å²) in [6.07, 6.45) is 4.00. The van der Waals surface area contributed by atoms with Crippen molar-refractivity contribution in [2.45, 2.75) is 0 Å². The summed E-state index contributed by atoms with van der Waals surface area (Å²) in [5.74, 6) is 0. The minimum atomic E-state index is 0. The molecule has 4 nitrogen and oxygen atoms in total. The van der Waals surface area contributed by atoms with Crippen LogP contribution < -0.4 is 4.98 Å². The predicted molar refractivity (Wildman–Crippen MR) is 126 cm³/mol. The first-order valence-corrected chi connectivity index (χ1v) is 10.3. The molecule has 0 fully saturated rings. The van der Waals surface area contributed by atoms with Crippen LogP contribution in [0.5, 0.6) is 0 Å². The van der Waals surface area contributed by atoms with Gasteiger partial charge in [0.15, 0.2) is 0 Å². The number of para-hydroxylation sites is 3. The first-order valence-electron chi connectivity index (χ1n) is 10.3. The molecule has 0 aliphatic carbocycles. The van der Waals surface area contributed by atoms with E-state index in [0.29, 0.717) is 5.56 Å². The summed E-state index contributed by atoms with van der Waals surface area (Å²) in [6, 6.07) is 39.4. The van der Waals surface area contributed by atoms with Crippen LogP contribution in [0.4, 0.5) is 11.4 Å². The van der Waals surface area contributed by atoms with Crippen LogP contribution >= 0.6 is 0 Å². The molecule has 6 rings (SSSR count). The normalized spacial score (nSPS) is 11.7.